The Morgan fingerprint density at radius 2 is 1.81 bits per heavy atom. The van der Waals surface area contributed by atoms with Crippen molar-refractivity contribution in [3.63, 3.8) is 0 Å². The highest BCUT2D eigenvalue weighted by molar-refractivity contribution is 5.76. The number of halogens is 3. The van der Waals surface area contributed by atoms with Crippen LogP contribution >= 0.6 is 0 Å². The van der Waals surface area contributed by atoms with Crippen molar-refractivity contribution in [2.45, 2.75) is 37.5 Å². The van der Waals surface area contributed by atoms with E-state index < -0.39 is 17.3 Å². The number of fused-ring (bicyclic) bond motifs is 1. The molecule has 3 rings (SSSR count). The Bertz CT molecular complexity index is 786. The third kappa shape index (κ3) is 4.07. The number of carbonyl (C=O) groups is 1. The molecule has 0 aliphatic heterocycles. The Balaban J connectivity index is 1.51. The first-order valence-electron chi connectivity index (χ1n) is 8.51. The maximum absolute atomic E-state index is 12.5. The molecule has 1 atom stereocenters. The second kappa shape index (κ2) is 7.11. The van der Waals surface area contributed by atoms with Crippen LogP contribution in [0.3, 0.4) is 0 Å². The maximum atomic E-state index is 12.5. The molecular formula is C20H20F3NO2. The van der Waals surface area contributed by atoms with Crippen molar-refractivity contribution < 1.29 is 23.1 Å². The molecule has 0 saturated heterocycles. The van der Waals surface area contributed by atoms with Gasteiger partial charge in [0.05, 0.1) is 12.1 Å². The van der Waals surface area contributed by atoms with Crippen LogP contribution in [0.15, 0.2) is 48.5 Å². The molecule has 0 aromatic heterocycles. The molecule has 1 aliphatic rings. The number of hydrogen-bond donors (Lipinski definition) is 2. The summed E-state index contributed by atoms with van der Waals surface area (Å²) in [6.07, 6.45) is -2.52. The van der Waals surface area contributed by atoms with Crippen LogP contribution in [-0.2, 0) is 29.4 Å². The van der Waals surface area contributed by atoms with Crippen molar-refractivity contribution in [2.75, 3.05) is 6.54 Å². The number of aryl methyl sites for hydroxylation is 2. The van der Waals surface area contributed by atoms with Gasteiger partial charge in [-0.25, -0.2) is 0 Å². The van der Waals surface area contributed by atoms with Crippen LogP contribution in [0.25, 0.3) is 0 Å². The number of amides is 1. The number of rotatable bonds is 5. The fourth-order valence-electron chi connectivity index (χ4n) is 3.30. The highest BCUT2D eigenvalue weighted by Gasteiger charge is 2.36. The first kappa shape index (κ1) is 18.5. The monoisotopic (exact) mass is 363 g/mol. The van der Waals surface area contributed by atoms with E-state index in [9.17, 15) is 23.1 Å². The van der Waals surface area contributed by atoms with Gasteiger partial charge in [0.15, 0.2) is 0 Å². The molecule has 0 heterocycles. The lowest BCUT2D eigenvalue weighted by Crippen LogP contribution is -2.39. The third-order valence-corrected chi connectivity index (χ3v) is 4.83. The first-order valence-corrected chi connectivity index (χ1v) is 8.51. The van der Waals surface area contributed by atoms with Crippen LogP contribution in [0.1, 0.15) is 35.1 Å². The molecule has 3 nitrogen and oxygen atoms in total. The summed E-state index contributed by atoms with van der Waals surface area (Å²) < 4.78 is 37.6. The highest BCUT2D eigenvalue weighted by atomic mass is 19.4. The van der Waals surface area contributed by atoms with Gasteiger partial charge >= 0.3 is 6.18 Å². The van der Waals surface area contributed by atoms with Crippen molar-refractivity contribution in [1.82, 2.24) is 5.32 Å². The van der Waals surface area contributed by atoms with Crippen LogP contribution < -0.4 is 5.32 Å². The summed E-state index contributed by atoms with van der Waals surface area (Å²) >= 11 is 0. The summed E-state index contributed by atoms with van der Waals surface area (Å²) in [6.45, 7) is 0.135. The Morgan fingerprint density at radius 1 is 1.12 bits per heavy atom. The van der Waals surface area contributed by atoms with Crippen molar-refractivity contribution in [3.8, 4) is 0 Å². The molecule has 1 aliphatic carbocycles. The molecular weight excluding hydrogens is 343 g/mol. The maximum Gasteiger partial charge on any atom is 0.416 e. The van der Waals surface area contributed by atoms with Gasteiger partial charge < -0.3 is 10.4 Å². The smallest absolute Gasteiger partial charge is 0.383 e. The van der Waals surface area contributed by atoms with Crippen molar-refractivity contribution >= 4 is 5.91 Å². The lowest BCUT2D eigenvalue weighted by Gasteiger charge is -2.24. The predicted octanol–water partition coefficient (Wildman–Crippen LogP) is 3.59. The average molecular weight is 363 g/mol. The Kier molecular flexibility index (Phi) is 5.05. The lowest BCUT2D eigenvalue weighted by molar-refractivity contribution is -0.137. The zero-order valence-corrected chi connectivity index (χ0v) is 14.1. The number of aliphatic hydroxyl groups is 1. The van der Waals surface area contributed by atoms with Gasteiger partial charge in [-0.15, -0.1) is 0 Å². The zero-order chi connectivity index (χ0) is 18.8. The molecule has 2 N–H and O–H groups in total. The normalized spacial score (nSPS) is 19.2. The summed E-state index contributed by atoms with van der Waals surface area (Å²) in [7, 11) is 0. The zero-order valence-electron chi connectivity index (χ0n) is 14.1. The highest BCUT2D eigenvalue weighted by Crippen LogP contribution is 2.36. The molecule has 6 heteroatoms. The van der Waals surface area contributed by atoms with Crippen molar-refractivity contribution in [1.29, 1.82) is 0 Å². The van der Waals surface area contributed by atoms with E-state index >= 15 is 0 Å². The van der Waals surface area contributed by atoms with Gasteiger partial charge in [0.25, 0.3) is 0 Å². The second-order valence-electron chi connectivity index (χ2n) is 6.66. The van der Waals surface area contributed by atoms with Crippen LogP contribution in [0.2, 0.25) is 0 Å². The number of hydrogen-bond acceptors (Lipinski definition) is 2. The van der Waals surface area contributed by atoms with Crippen molar-refractivity contribution in [3.05, 3.63) is 70.8 Å². The average Bonchev–Trinajstić information content (AvgIpc) is 2.96. The van der Waals surface area contributed by atoms with E-state index in [4.69, 9.17) is 0 Å². The van der Waals surface area contributed by atoms with E-state index in [1.54, 1.807) is 0 Å². The van der Waals surface area contributed by atoms with E-state index in [0.29, 0.717) is 18.4 Å². The molecule has 1 amide bonds. The topological polar surface area (TPSA) is 49.3 Å². The molecule has 0 saturated carbocycles. The van der Waals surface area contributed by atoms with Crippen LogP contribution in [0, 0.1) is 0 Å². The van der Waals surface area contributed by atoms with Gasteiger partial charge in [0, 0.05) is 6.42 Å². The van der Waals surface area contributed by atoms with E-state index in [1.807, 2.05) is 24.3 Å². The number of alkyl halides is 3. The van der Waals surface area contributed by atoms with Gasteiger partial charge in [-0.3, -0.25) is 4.79 Å². The number of nitrogens with one attached hydrogen (secondary N) is 1. The van der Waals surface area contributed by atoms with Gasteiger partial charge in [-0.2, -0.15) is 13.2 Å². The minimum atomic E-state index is -4.36. The molecule has 0 fully saturated rings. The lowest BCUT2D eigenvalue weighted by atomic mass is 9.96. The van der Waals surface area contributed by atoms with E-state index in [1.165, 1.54) is 12.1 Å². The van der Waals surface area contributed by atoms with Crippen LogP contribution in [0.5, 0.6) is 0 Å². The van der Waals surface area contributed by atoms with Gasteiger partial charge in [0.1, 0.15) is 5.60 Å². The summed E-state index contributed by atoms with van der Waals surface area (Å²) in [6, 6.07) is 12.4. The van der Waals surface area contributed by atoms with E-state index in [0.717, 1.165) is 29.7 Å². The predicted molar refractivity (Wildman–Crippen MR) is 91.4 cm³/mol. The molecule has 0 bridgehead atoms. The fraction of sp³-hybridized carbons (Fsp3) is 0.350. The Hall–Kier alpha value is -2.34. The summed E-state index contributed by atoms with van der Waals surface area (Å²) in [4.78, 5) is 12.1. The van der Waals surface area contributed by atoms with Crippen LogP contribution in [-0.4, -0.2) is 17.6 Å². The Morgan fingerprint density at radius 3 is 2.50 bits per heavy atom. The number of carbonyl (C=O) groups excluding carboxylic acids is 1. The minimum Gasteiger partial charge on any atom is -0.383 e. The molecule has 26 heavy (non-hydrogen) atoms. The molecule has 1 unspecified atom stereocenters. The van der Waals surface area contributed by atoms with Gasteiger partial charge in [-0.1, -0.05) is 36.4 Å². The summed E-state index contributed by atoms with van der Waals surface area (Å²) in [5.41, 5.74) is 0.851. The Labute approximate surface area is 149 Å². The number of benzene rings is 2. The van der Waals surface area contributed by atoms with E-state index in [-0.39, 0.29) is 18.9 Å². The minimum absolute atomic E-state index is 0.135. The molecule has 138 valence electrons. The second-order valence-corrected chi connectivity index (χ2v) is 6.66. The van der Waals surface area contributed by atoms with Crippen molar-refractivity contribution in [2.24, 2.45) is 0 Å². The molecule has 2 aromatic rings. The quantitative estimate of drug-likeness (QED) is 0.853. The fourth-order valence-corrected chi connectivity index (χ4v) is 3.30. The van der Waals surface area contributed by atoms with E-state index in [2.05, 4.69) is 5.32 Å². The largest absolute Gasteiger partial charge is 0.416 e. The van der Waals surface area contributed by atoms with Gasteiger partial charge in [-0.05, 0) is 48.1 Å². The molecule has 0 radical (unpaired) electrons. The molecule has 2 aromatic carbocycles. The summed E-state index contributed by atoms with van der Waals surface area (Å²) in [5.74, 6) is -0.234. The summed E-state index contributed by atoms with van der Waals surface area (Å²) in [5, 5.41) is 13.5. The standard InChI is InChI=1S/C20H20F3NO2/c21-20(22,23)16-8-5-14(6-9-16)7-10-18(25)24-13-19(26)12-11-15-3-1-2-4-17(15)19/h1-6,8-9,26H,7,10-13H2,(H,24,25). The molecule has 0 spiro atoms. The van der Waals surface area contributed by atoms with Gasteiger partial charge in [0.2, 0.25) is 5.91 Å². The third-order valence-electron chi connectivity index (χ3n) is 4.83. The van der Waals surface area contributed by atoms with Crippen LogP contribution in [0.4, 0.5) is 13.2 Å². The first-order chi connectivity index (χ1) is 12.3. The SMILES string of the molecule is O=C(CCc1ccc(C(F)(F)F)cc1)NCC1(O)CCc2ccccc21.